The molecular formula is C17H28N2O2. The van der Waals surface area contributed by atoms with Crippen LogP contribution in [0.5, 0.6) is 5.75 Å². The summed E-state index contributed by atoms with van der Waals surface area (Å²) in [6.07, 6.45) is 0.907. The topological polar surface area (TPSA) is 41.6 Å². The summed E-state index contributed by atoms with van der Waals surface area (Å²) in [5.74, 6) is 0.900. The van der Waals surface area contributed by atoms with E-state index in [1.54, 1.807) is 7.11 Å². The van der Waals surface area contributed by atoms with E-state index in [1.807, 2.05) is 50.1 Å². The van der Waals surface area contributed by atoms with Crippen molar-refractivity contribution < 1.29 is 9.53 Å². The normalized spacial score (nSPS) is 13.1. The minimum absolute atomic E-state index is 0.0473. The number of nitrogens with zero attached hydrogens (tertiary/aromatic N) is 1. The van der Waals surface area contributed by atoms with Gasteiger partial charge in [-0.05, 0) is 40.3 Å². The summed E-state index contributed by atoms with van der Waals surface area (Å²) < 4.78 is 5.39. The molecule has 0 saturated carbocycles. The largest absolute Gasteiger partial charge is 0.496 e. The van der Waals surface area contributed by atoms with Crippen molar-refractivity contribution in [3.05, 3.63) is 29.8 Å². The Labute approximate surface area is 128 Å². The van der Waals surface area contributed by atoms with Gasteiger partial charge in [0.2, 0.25) is 5.91 Å². The van der Waals surface area contributed by atoms with Crippen LogP contribution < -0.4 is 10.1 Å². The Morgan fingerprint density at radius 2 is 2.00 bits per heavy atom. The molecule has 0 saturated heterocycles. The highest BCUT2D eigenvalue weighted by atomic mass is 16.5. The Balaban J connectivity index is 2.70. The SMILES string of the molecule is CCC(C)(C)NC(=O)CN(C)C(C)c1ccccc1OC. The summed E-state index contributed by atoms with van der Waals surface area (Å²) in [5, 5.41) is 3.06. The van der Waals surface area contributed by atoms with E-state index in [-0.39, 0.29) is 17.5 Å². The predicted octanol–water partition coefficient (Wildman–Crippen LogP) is 2.99. The quantitative estimate of drug-likeness (QED) is 0.840. The van der Waals surface area contributed by atoms with Gasteiger partial charge in [0, 0.05) is 17.1 Å². The number of hydrogen-bond acceptors (Lipinski definition) is 3. The van der Waals surface area contributed by atoms with Crippen LogP contribution in [0.1, 0.15) is 45.7 Å². The molecule has 1 aromatic carbocycles. The molecule has 1 amide bonds. The monoisotopic (exact) mass is 292 g/mol. The third-order valence-corrected chi connectivity index (χ3v) is 4.00. The van der Waals surface area contributed by atoms with Gasteiger partial charge in [0.25, 0.3) is 0 Å². The smallest absolute Gasteiger partial charge is 0.234 e. The van der Waals surface area contributed by atoms with Gasteiger partial charge in [0.1, 0.15) is 5.75 Å². The lowest BCUT2D eigenvalue weighted by Crippen LogP contribution is -2.47. The predicted molar refractivity (Wildman–Crippen MR) is 86.6 cm³/mol. The molecule has 0 spiro atoms. The summed E-state index contributed by atoms with van der Waals surface area (Å²) in [7, 11) is 3.62. The van der Waals surface area contributed by atoms with Crippen LogP contribution in [-0.2, 0) is 4.79 Å². The third kappa shape index (κ3) is 5.05. The second-order valence-corrected chi connectivity index (χ2v) is 6.12. The highest BCUT2D eigenvalue weighted by molar-refractivity contribution is 5.78. The Kier molecular flexibility index (Phi) is 6.21. The zero-order valence-corrected chi connectivity index (χ0v) is 14.1. The number of benzene rings is 1. The molecule has 1 unspecified atom stereocenters. The van der Waals surface area contributed by atoms with Crippen molar-refractivity contribution in [3.8, 4) is 5.75 Å². The Hall–Kier alpha value is -1.55. The fourth-order valence-corrected chi connectivity index (χ4v) is 2.12. The van der Waals surface area contributed by atoms with Crippen LogP contribution in [-0.4, -0.2) is 37.0 Å². The maximum atomic E-state index is 12.1. The first-order valence-corrected chi connectivity index (χ1v) is 7.45. The molecule has 0 aromatic heterocycles. The van der Waals surface area contributed by atoms with Gasteiger partial charge in [-0.15, -0.1) is 0 Å². The van der Waals surface area contributed by atoms with Crippen molar-refractivity contribution in [2.75, 3.05) is 20.7 Å². The van der Waals surface area contributed by atoms with Crippen molar-refractivity contribution in [2.24, 2.45) is 0 Å². The number of para-hydroxylation sites is 1. The Morgan fingerprint density at radius 3 is 2.57 bits per heavy atom. The van der Waals surface area contributed by atoms with Gasteiger partial charge in [-0.1, -0.05) is 25.1 Å². The molecule has 0 aliphatic carbocycles. The molecule has 0 aliphatic rings. The van der Waals surface area contributed by atoms with E-state index in [2.05, 4.69) is 19.2 Å². The van der Waals surface area contributed by atoms with Gasteiger partial charge in [-0.3, -0.25) is 9.69 Å². The molecule has 0 bridgehead atoms. The van der Waals surface area contributed by atoms with Crippen molar-refractivity contribution in [1.82, 2.24) is 10.2 Å². The highest BCUT2D eigenvalue weighted by Crippen LogP contribution is 2.27. The second kappa shape index (κ2) is 7.46. The van der Waals surface area contributed by atoms with Gasteiger partial charge in [0.15, 0.2) is 0 Å². The number of hydrogen-bond donors (Lipinski definition) is 1. The molecule has 21 heavy (non-hydrogen) atoms. The molecule has 0 radical (unpaired) electrons. The summed E-state index contributed by atoms with van der Waals surface area (Å²) in [6.45, 7) is 8.59. The maximum absolute atomic E-state index is 12.1. The summed E-state index contributed by atoms with van der Waals surface area (Å²) in [6, 6.07) is 8.03. The lowest BCUT2D eigenvalue weighted by molar-refractivity contribution is -0.124. The summed E-state index contributed by atoms with van der Waals surface area (Å²) in [4.78, 5) is 14.2. The van der Waals surface area contributed by atoms with Crippen molar-refractivity contribution in [3.63, 3.8) is 0 Å². The van der Waals surface area contributed by atoms with E-state index in [0.29, 0.717) is 6.54 Å². The van der Waals surface area contributed by atoms with Gasteiger partial charge < -0.3 is 10.1 Å². The van der Waals surface area contributed by atoms with Crippen LogP contribution >= 0.6 is 0 Å². The van der Waals surface area contributed by atoms with Crippen molar-refractivity contribution in [1.29, 1.82) is 0 Å². The third-order valence-electron chi connectivity index (χ3n) is 4.00. The molecule has 1 N–H and O–H groups in total. The first-order chi connectivity index (χ1) is 9.80. The molecule has 0 fully saturated rings. The van der Waals surface area contributed by atoms with Crippen molar-refractivity contribution in [2.45, 2.75) is 45.7 Å². The average Bonchev–Trinajstić information content (AvgIpc) is 2.45. The molecule has 1 atom stereocenters. The van der Waals surface area contributed by atoms with Gasteiger partial charge >= 0.3 is 0 Å². The molecule has 4 nitrogen and oxygen atoms in total. The van der Waals surface area contributed by atoms with E-state index in [1.165, 1.54) is 0 Å². The minimum atomic E-state index is -0.161. The lowest BCUT2D eigenvalue weighted by Gasteiger charge is -2.29. The highest BCUT2D eigenvalue weighted by Gasteiger charge is 2.21. The molecule has 4 heteroatoms. The zero-order chi connectivity index (χ0) is 16.0. The standard InChI is InChI=1S/C17H28N2O2/c1-7-17(3,4)18-16(20)12-19(5)13(2)14-10-8-9-11-15(14)21-6/h8-11,13H,7,12H2,1-6H3,(H,18,20). The molecule has 0 aliphatic heterocycles. The Morgan fingerprint density at radius 1 is 1.38 bits per heavy atom. The molecule has 1 aromatic rings. The first kappa shape index (κ1) is 17.5. The fraction of sp³-hybridized carbons (Fsp3) is 0.588. The zero-order valence-electron chi connectivity index (χ0n) is 14.1. The maximum Gasteiger partial charge on any atom is 0.234 e. The van der Waals surface area contributed by atoms with E-state index in [0.717, 1.165) is 17.7 Å². The fourth-order valence-electron chi connectivity index (χ4n) is 2.12. The van der Waals surface area contributed by atoms with Crippen LogP contribution in [0.15, 0.2) is 24.3 Å². The van der Waals surface area contributed by atoms with Crippen LogP contribution in [0, 0.1) is 0 Å². The summed E-state index contributed by atoms with van der Waals surface area (Å²) in [5.41, 5.74) is 0.927. The van der Waals surface area contributed by atoms with E-state index >= 15 is 0 Å². The van der Waals surface area contributed by atoms with Crippen LogP contribution in [0.25, 0.3) is 0 Å². The van der Waals surface area contributed by atoms with E-state index in [4.69, 9.17) is 4.74 Å². The van der Waals surface area contributed by atoms with Gasteiger partial charge in [0.05, 0.1) is 13.7 Å². The molecule has 1 rings (SSSR count). The average molecular weight is 292 g/mol. The van der Waals surface area contributed by atoms with E-state index < -0.39 is 0 Å². The van der Waals surface area contributed by atoms with Crippen LogP contribution in [0.4, 0.5) is 0 Å². The number of nitrogens with one attached hydrogen (secondary N) is 1. The van der Waals surface area contributed by atoms with Crippen LogP contribution in [0.3, 0.4) is 0 Å². The Bertz CT molecular complexity index is 472. The lowest BCUT2D eigenvalue weighted by atomic mass is 10.0. The number of carbonyl (C=O) groups is 1. The van der Waals surface area contributed by atoms with Crippen molar-refractivity contribution >= 4 is 5.91 Å². The first-order valence-electron chi connectivity index (χ1n) is 7.45. The minimum Gasteiger partial charge on any atom is -0.496 e. The van der Waals surface area contributed by atoms with E-state index in [9.17, 15) is 4.79 Å². The number of amides is 1. The van der Waals surface area contributed by atoms with Gasteiger partial charge in [-0.25, -0.2) is 0 Å². The molecule has 118 valence electrons. The number of likely N-dealkylation sites (N-methyl/N-ethyl adjacent to an activating group) is 1. The number of carbonyl (C=O) groups excluding carboxylic acids is 1. The molecular weight excluding hydrogens is 264 g/mol. The number of methoxy groups -OCH3 is 1. The summed E-state index contributed by atoms with van der Waals surface area (Å²) >= 11 is 0. The second-order valence-electron chi connectivity index (χ2n) is 6.12. The van der Waals surface area contributed by atoms with Crippen LogP contribution in [0.2, 0.25) is 0 Å². The van der Waals surface area contributed by atoms with Gasteiger partial charge in [-0.2, -0.15) is 0 Å². The number of ether oxygens (including phenoxy) is 1. The number of rotatable bonds is 7. The molecule has 0 heterocycles.